The summed E-state index contributed by atoms with van der Waals surface area (Å²) in [6.45, 7) is 0. The summed E-state index contributed by atoms with van der Waals surface area (Å²) < 4.78 is 95.1. The van der Waals surface area contributed by atoms with E-state index in [-0.39, 0.29) is 16.1 Å². The third kappa shape index (κ3) is 3.78. The van der Waals surface area contributed by atoms with Crippen LogP contribution in [0.15, 0.2) is 65.8 Å². The van der Waals surface area contributed by atoms with Crippen LogP contribution in [0.4, 0.5) is 30.7 Å². The molecule has 2 aromatic carbocycles. The Morgan fingerprint density at radius 2 is 1.45 bits per heavy atom. The summed E-state index contributed by atoms with van der Waals surface area (Å²) in [6.07, 6.45) is -8.78. The van der Waals surface area contributed by atoms with Gasteiger partial charge in [0.1, 0.15) is 0 Å². The van der Waals surface area contributed by atoms with Crippen LogP contribution in [0, 0.1) is 0 Å². The maximum absolute atomic E-state index is 14.6. The van der Waals surface area contributed by atoms with Gasteiger partial charge in [0.25, 0.3) is 0 Å². The molecule has 166 valence electrons. The number of carbonyl (C=O) groups excluding carboxylic acids is 1. The first-order valence-electron chi connectivity index (χ1n) is 8.86. The fourth-order valence-corrected chi connectivity index (χ4v) is 3.12. The Balaban J connectivity index is 2.07. The molecule has 0 bridgehead atoms. The molecule has 1 atom stereocenters. The van der Waals surface area contributed by atoms with E-state index in [0.717, 1.165) is 0 Å². The zero-order valence-electron chi connectivity index (χ0n) is 15.6. The van der Waals surface area contributed by atoms with Gasteiger partial charge in [0.2, 0.25) is 11.6 Å². The zero-order chi connectivity index (χ0) is 23.1. The van der Waals surface area contributed by atoms with Crippen molar-refractivity contribution in [2.24, 2.45) is 5.10 Å². The molecule has 1 N–H and O–H groups in total. The highest BCUT2D eigenvalue weighted by atomic mass is 19.4. The van der Waals surface area contributed by atoms with Gasteiger partial charge >= 0.3 is 18.0 Å². The lowest BCUT2D eigenvalue weighted by molar-refractivity contribution is -0.401. The molecule has 1 aliphatic rings. The summed E-state index contributed by atoms with van der Waals surface area (Å²) in [5.41, 5.74) is -4.36. The maximum Gasteiger partial charge on any atom is 0.460 e. The Morgan fingerprint density at radius 1 is 0.935 bits per heavy atom. The van der Waals surface area contributed by atoms with Gasteiger partial charge < -0.3 is 5.11 Å². The average molecular weight is 448 g/mol. The van der Waals surface area contributed by atoms with Gasteiger partial charge in [-0.3, -0.25) is 4.79 Å². The Kier molecular flexibility index (Phi) is 5.59. The average Bonchev–Trinajstić information content (AvgIpc) is 3.08. The van der Waals surface area contributed by atoms with E-state index < -0.39 is 48.2 Å². The number of nitrogens with zero attached hydrogens (tertiary/aromatic N) is 2. The first kappa shape index (κ1) is 22.7. The lowest BCUT2D eigenvalue weighted by Gasteiger charge is -2.41. The van der Waals surface area contributed by atoms with Crippen molar-refractivity contribution in [2.75, 3.05) is 0 Å². The number of halogens is 7. The summed E-state index contributed by atoms with van der Waals surface area (Å²) in [7, 11) is 0. The second-order valence-corrected chi connectivity index (χ2v) is 6.92. The number of alkyl halides is 7. The van der Waals surface area contributed by atoms with E-state index in [2.05, 4.69) is 5.10 Å². The van der Waals surface area contributed by atoms with Crippen LogP contribution < -0.4 is 0 Å². The Bertz CT molecular complexity index is 978. The summed E-state index contributed by atoms with van der Waals surface area (Å²) in [6, 6.07) is 14.5. The molecule has 4 nitrogen and oxygen atoms in total. The van der Waals surface area contributed by atoms with Gasteiger partial charge in [0.05, 0.1) is 12.1 Å². The van der Waals surface area contributed by atoms with Crippen molar-refractivity contribution in [3.8, 4) is 0 Å². The topological polar surface area (TPSA) is 52.9 Å². The van der Waals surface area contributed by atoms with E-state index in [9.17, 15) is 40.6 Å². The number of amides is 1. The SMILES string of the molecule is O=C(Cc1ccccc1)N1N=C(c2ccccc2)CC1(O)C(F)(F)C(F)(F)C(F)(F)F. The van der Waals surface area contributed by atoms with Gasteiger partial charge in [0.15, 0.2) is 0 Å². The number of carbonyl (C=O) groups is 1. The molecule has 0 fully saturated rings. The molecule has 1 amide bonds. The number of aliphatic hydroxyl groups is 1. The first-order valence-corrected chi connectivity index (χ1v) is 8.86. The smallest absolute Gasteiger partial charge is 0.364 e. The van der Waals surface area contributed by atoms with E-state index in [1.165, 1.54) is 54.6 Å². The first-order chi connectivity index (χ1) is 14.3. The van der Waals surface area contributed by atoms with E-state index in [1.54, 1.807) is 6.07 Å². The van der Waals surface area contributed by atoms with E-state index >= 15 is 0 Å². The van der Waals surface area contributed by atoms with Crippen molar-refractivity contribution in [1.82, 2.24) is 5.01 Å². The van der Waals surface area contributed by atoms with Crippen LogP contribution >= 0.6 is 0 Å². The zero-order valence-corrected chi connectivity index (χ0v) is 15.6. The molecule has 31 heavy (non-hydrogen) atoms. The molecule has 0 aliphatic carbocycles. The monoisotopic (exact) mass is 448 g/mol. The molecule has 1 heterocycles. The normalized spacial score (nSPS) is 20.0. The summed E-state index contributed by atoms with van der Waals surface area (Å²) in [5.74, 6) is -14.1. The number of hydrazone groups is 1. The van der Waals surface area contributed by atoms with Crippen LogP contribution in [0.2, 0.25) is 0 Å². The molecule has 0 radical (unpaired) electrons. The van der Waals surface area contributed by atoms with Gasteiger partial charge in [0, 0.05) is 6.42 Å². The third-order valence-electron chi connectivity index (χ3n) is 4.78. The van der Waals surface area contributed by atoms with Crippen LogP contribution in [0.1, 0.15) is 17.5 Å². The molecule has 2 aromatic rings. The largest absolute Gasteiger partial charge is 0.460 e. The highest BCUT2D eigenvalue weighted by Crippen LogP contribution is 2.54. The van der Waals surface area contributed by atoms with Crippen molar-refractivity contribution in [1.29, 1.82) is 0 Å². The summed E-state index contributed by atoms with van der Waals surface area (Å²) in [5, 5.41) is 13.7. The molecule has 0 spiro atoms. The third-order valence-corrected chi connectivity index (χ3v) is 4.78. The Labute approximate surface area is 171 Å². The van der Waals surface area contributed by atoms with Gasteiger partial charge in [-0.25, -0.2) is 0 Å². The quantitative estimate of drug-likeness (QED) is 0.691. The summed E-state index contributed by atoms with van der Waals surface area (Å²) in [4.78, 5) is 12.6. The predicted molar refractivity (Wildman–Crippen MR) is 95.5 cm³/mol. The van der Waals surface area contributed by atoms with Gasteiger partial charge in [-0.2, -0.15) is 40.8 Å². The standard InChI is InChI=1S/C20H15F7N2O2/c21-18(22,19(23,24)20(25,26)27)17(31)12-15(14-9-5-2-6-10-14)28-29(17)16(30)11-13-7-3-1-4-8-13/h1-10,31H,11-12H2. The van der Waals surface area contributed by atoms with Crippen LogP contribution in [0.3, 0.4) is 0 Å². The lowest BCUT2D eigenvalue weighted by atomic mass is 9.91. The molecule has 0 saturated carbocycles. The molecule has 1 aliphatic heterocycles. The van der Waals surface area contributed by atoms with Crippen molar-refractivity contribution in [3.05, 3.63) is 71.8 Å². The van der Waals surface area contributed by atoms with Crippen molar-refractivity contribution in [2.45, 2.75) is 36.6 Å². The van der Waals surface area contributed by atoms with E-state index in [1.807, 2.05) is 0 Å². The molecule has 0 saturated heterocycles. The van der Waals surface area contributed by atoms with Gasteiger partial charge in [-0.05, 0) is 11.1 Å². The minimum absolute atomic E-state index is 0.0714. The van der Waals surface area contributed by atoms with Crippen LogP contribution in [-0.2, 0) is 11.2 Å². The number of benzene rings is 2. The number of rotatable bonds is 5. The predicted octanol–water partition coefficient (Wildman–Crippen LogP) is 4.39. The second-order valence-electron chi connectivity index (χ2n) is 6.92. The van der Waals surface area contributed by atoms with Crippen LogP contribution in [-0.4, -0.2) is 45.5 Å². The fourth-order valence-electron chi connectivity index (χ4n) is 3.12. The maximum atomic E-state index is 14.6. The minimum atomic E-state index is -6.68. The van der Waals surface area contributed by atoms with Crippen LogP contribution in [0.25, 0.3) is 0 Å². The van der Waals surface area contributed by atoms with Crippen LogP contribution in [0.5, 0.6) is 0 Å². The molecule has 11 heteroatoms. The Hall–Kier alpha value is -2.95. The van der Waals surface area contributed by atoms with Gasteiger partial charge in [-0.15, -0.1) is 0 Å². The molecule has 0 aromatic heterocycles. The molecular formula is C20H15F7N2O2. The van der Waals surface area contributed by atoms with Gasteiger partial charge in [-0.1, -0.05) is 60.7 Å². The second kappa shape index (κ2) is 7.63. The summed E-state index contributed by atoms with van der Waals surface area (Å²) >= 11 is 0. The van der Waals surface area contributed by atoms with E-state index in [4.69, 9.17) is 0 Å². The van der Waals surface area contributed by atoms with Crippen molar-refractivity contribution >= 4 is 11.6 Å². The van der Waals surface area contributed by atoms with E-state index in [0.29, 0.717) is 0 Å². The van der Waals surface area contributed by atoms with Crippen molar-refractivity contribution in [3.63, 3.8) is 0 Å². The lowest BCUT2D eigenvalue weighted by Crippen LogP contribution is -2.69. The van der Waals surface area contributed by atoms with Crippen molar-refractivity contribution < 1.29 is 40.6 Å². The highest BCUT2D eigenvalue weighted by molar-refractivity contribution is 6.03. The highest BCUT2D eigenvalue weighted by Gasteiger charge is 2.82. The number of hydrogen-bond donors (Lipinski definition) is 1. The number of hydrogen-bond acceptors (Lipinski definition) is 3. The Morgan fingerprint density at radius 3 is 1.97 bits per heavy atom. The fraction of sp³-hybridized carbons (Fsp3) is 0.300. The minimum Gasteiger partial charge on any atom is -0.364 e. The molecule has 3 rings (SSSR count). The molecular weight excluding hydrogens is 433 g/mol. The molecule has 1 unspecified atom stereocenters.